The smallest absolute Gasteiger partial charge is 0.460 e. The molecule has 156 valence electrons. The molecule has 0 aliphatic carbocycles. The fraction of sp³-hybridized carbons (Fsp3) is 0.917. The lowest BCUT2D eigenvalue weighted by molar-refractivity contribution is -0.397. The molecule has 0 aliphatic heterocycles. The van der Waals surface area contributed by atoms with Crippen molar-refractivity contribution in [2.45, 2.75) is 56.8 Å². The minimum absolute atomic E-state index is 0.305. The average Bonchev–Trinajstić information content (AvgIpc) is 2.42. The predicted octanol–water partition coefficient (Wildman–Crippen LogP) is 5.37. The van der Waals surface area contributed by atoms with Crippen LogP contribution in [0.4, 0.5) is 52.7 Å². The van der Waals surface area contributed by atoms with E-state index in [0.29, 0.717) is 6.92 Å². The van der Waals surface area contributed by atoms with Crippen molar-refractivity contribution in [3.8, 4) is 0 Å². The molecule has 0 bridgehead atoms. The van der Waals surface area contributed by atoms with Gasteiger partial charge in [-0.15, -0.1) is 0 Å². The Morgan fingerprint density at radius 2 is 1.19 bits per heavy atom. The highest BCUT2D eigenvalue weighted by Crippen LogP contribution is 2.54. The third-order valence-corrected chi connectivity index (χ3v) is 3.64. The highest BCUT2D eigenvalue weighted by atomic mass is 19.4. The molecule has 0 spiro atoms. The van der Waals surface area contributed by atoms with Crippen LogP contribution in [0, 0.1) is 5.41 Å². The average molecular weight is 416 g/mol. The molecule has 0 saturated carbocycles. The Balaban J connectivity index is 5.24. The molecule has 1 atom stereocenters. The summed E-state index contributed by atoms with van der Waals surface area (Å²) in [7, 11) is 0. The maximum atomic E-state index is 13.1. The number of alkyl halides is 12. The third kappa shape index (κ3) is 4.13. The number of carbonyl (C=O) groups excluding carboxylic acids is 1. The number of halogens is 12. The maximum Gasteiger partial charge on any atom is 0.460 e. The first kappa shape index (κ1) is 24.6. The van der Waals surface area contributed by atoms with E-state index in [4.69, 9.17) is 0 Å². The van der Waals surface area contributed by atoms with Gasteiger partial charge in [0.15, 0.2) is 5.41 Å². The molecule has 0 aliphatic rings. The van der Waals surface area contributed by atoms with E-state index < -0.39 is 61.0 Å². The van der Waals surface area contributed by atoms with Crippen LogP contribution in [0.3, 0.4) is 0 Å². The lowest BCUT2D eigenvalue weighted by atomic mass is 9.87. The van der Waals surface area contributed by atoms with Gasteiger partial charge in [0, 0.05) is 0 Å². The van der Waals surface area contributed by atoms with Crippen LogP contribution in [-0.4, -0.2) is 42.7 Å². The van der Waals surface area contributed by atoms with Gasteiger partial charge in [-0.1, -0.05) is 6.92 Å². The highest BCUT2D eigenvalue weighted by molar-refractivity contribution is 5.77. The molecular formula is C12H12F12O2. The summed E-state index contributed by atoms with van der Waals surface area (Å²) in [6.45, 7) is -0.775. The van der Waals surface area contributed by atoms with Crippen molar-refractivity contribution in [3.05, 3.63) is 0 Å². The molecule has 2 nitrogen and oxygen atoms in total. The van der Waals surface area contributed by atoms with Crippen LogP contribution in [0.25, 0.3) is 0 Å². The number of ether oxygens (including phenoxy) is 1. The minimum Gasteiger partial charge on any atom is -0.465 e. The molecular weight excluding hydrogens is 404 g/mol. The van der Waals surface area contributed by atoms with Crippen molar-refractivity contribution < 1.29 is 62.2 Å². The largest absolute Gasteiger partial charge is 0.465 e. The van der Waals surface area contributed by atoms with E-state index in [2.05, 4.69) is 4.74 Å². The molecule has 0 N–H and O–H groups in total. The van der Waals surface area contributed by atoms with E-state index in [1.807, 2.05) is 0 Å². The quantitative estimate of drug-likeness (QED) is 0.412. The standard InChI is InChI=1S/C12H12F12O2/c1-3-7(2,11(19,20)21)6(25)26-5-4-8(13,14)9(15,16)10(17,18)12(22,23)24/h3-5H2,1-2H3. The predicted molar refractivity (Wildman–Crippen MR) is 60.9 cm³/mol. The van der Waals surface area contributed by atoms with E-state index in [1.165, 1.54) is 0 Å². The molecule has 0 radical (unpaired) electrons. The zero-order valence-electron chi connectivity index (χ0n) is 13.0. The molecule has 0 saturated heterocycles. The first-order valence-corrected chi connectivity index (χ1v) is 6.63. The van der Waals surface area contributed by atoms with Gasteiger partial charge in [0.25, 0.3) is 0 Å². The summed E-state index contributed by atoms with van der Waals surface area (Å²) in [5.74, 6) is -22.3. The summed E-state index contributed by atoms with van der Waals surface area (Å²) in [5.41, 5.74) is -3.21. The van der Waals surface area contributed by atoms with Crippen molar-refractivity contribution in [1.29, 1.82) is 0 Å². The zero-order valence-corrected chi connectivity index (χ0v) is 13.0. The Morgan fingerprint density at radius 1 is 0.769 bits per heavy atom. The second kappa shape index (κ2) is 6.98. The highest BCUT2D eigenvalue weighted by Gasteiger charge is 2.81. The molecule has 0 amide bonds. The Morgan fingerprint density at radius 3 is 1.50 bits per heavy atom. The van der Waals surface area contributed by atoms with Crippen LogP contribution < -0.4 is 0 Å². The van der Waals surface area contributed by atoms with Gasteiger partial charge >= 0.3 is 36.1 Å². The Bertz CT molecular complexity index is 507. The first-order chi connectivity index (χ1) is 11.2. The maximum absolute atomic E-state index is 13.1. The van der Waals surface area contributed by atoms with Crippen molar-refractivity contribution in [3.63, 3.8) is 0 Å². The van der Waals surface area contributed by atoms with Crippen molar-refractivity contribution in [1.82, 2.24) is 0 Å². The van der Waals surface area contributed by atoms with Crippen molar-refractivity contribution >= 4 is 5.97 Å². The second-order valence-electron chi connectivity index (χ2n) is 5.42. The van der Waals surface area contributed by atoms with Crippen molar-refractivity contribution in [2.75, 3.05) is 6.61 Å². The van der Waals surface area contributed by atoms with E-state index in [0.717, 1.165) is 6.92 Å². The zero-order chi connectivity index (χ0) is 21.4. The van der Waals surface area contributed by atoms with Gasteiger partial charge < -0.3 is 4.74 Å². The van der Waals surface area contributed by atoms with Crippen LogP contribution >= 0.6 is 0 Å². The van der Waals surface area contributed by atoms with E-state index >= 15 is 0 Å². The number of hydrogen-bond acceptors (Lipinski definition) is 2. The number of rotatable bonds is 7. The lowest BCUT2D eigenvalue weighted by Crippen LogP contribution is -2.61. The van der Waals surface area contributed by atoms with Gasteiger partial charge in [-0.2, -0.15) is 52.7 Å². The molecule has 0 heterocycles. The van der Waals surface area contributed by atoms with Gasteiger partial charge in [-0.3, -0.25) is 4.79 Å². The van der Waals surface area contributed by atoms with Gasteiger partial charge in [0.2, 0.25) is 0 Å². The molecule has 0 rings (SSSR count). The monoisotopic (exact) mass is 416 g/mol. The molecule has 0 aromatic heterocycles. The van der Waals surface area contributed by atoms with Crippen LogP contribution in [0.2, 0.25) is 0 Å². The van der Waals surface area contributed by atoms with Gasteiger partial charge in [0.05, 0.1) is 13.0 Å². The second-order valence-corrected chi connectivity index (χ2v) is 5.42. The molecule has 1 unspecified atom stereocenters. The number of esters is 1. The van der Waals surface area contributed by atoms with Gasteiger partial charge in [-0.05, 0) is 13.3 Å². The van der Waals surface area contributed by atoms with Crippen LogP contribution in [0.5, 0.6) is 0 Å². The summed E-state index contributed by atoms with van der Waals surface area (Å²) >= 11 is 0. The number of carbonyl (C=O) groups is 1. The Kier molecular flexibility index (Phi) is 6.61. The molecule has 0 aromatic rings. The minimum atomic E-state index is -7.13. The van der Waals surface area contributed by atoms with Gasteiger partial charge in [0.1, 0.15) is 0 Å². The first-order valence-electron chi connectivity index (χ1n) is 6.63. The fourth-order valence-electron chi connectivity index (χ4n) is 1.46. The van der Waals surface area contributed by atoms with Crippen LogP contribution in [0.1, 0.15) is 26.7 Å². The van der Waals surface area contributed by atoms with E-state index in [-0.39, 0.29) is 0 Å². The summed E-state index contributed by atoms with van der Waals surface area (Å²) < 4.78 is 155. The number of hydrogen-bond donors (Lipinski definition) is 0. The molecule has 0 fully saturated rings. The normalized spacial score (nSPS) is 17.0. The van der Waals surface area contributed by atoms with E-state index in [9.17, 15) is 57.5 Å². The van der Waals surface area contributed by atoms with Gasteiger partial charge in [-0.25, -0.2) is 0 Å². The lowest BCUT2D eigenvalue weighted by Gasteiger charge is -2.34. The topological polar surface area (TPSA) is 26.3 Å². The molecule has 0 aromatic carbocycles. The SMILES string of the molecule is CCC(C)(C(=O)OCCC(F)(F)C(F)(F)C(F)(F)C(F)(F)F)C(F)(F)F. The van der Waals surface area contributed by atoms with Crippen molar-refractivity contribution in [2.24, 2.45) is 5.41 Å². The Labute approximate surface area is 138 Å². The Hall–Kier alpha value is -1.37. The van der Waals surface area contributed by atoms with E-state index in [1.54, 1.807) is 0 Å². The van der Waals surface area contributed by atoms with Crippen LogP contribution in [-0.2, 0) is 9.53 Å². The summed E-state index contributed by atoms with van der Waals surface area (Å²) in [6, 6.07) is 0. The summed E-state index contributed by atoms with van der Waals surface area (Å²) in [4.78, 5) is 11.3. The molecule has 26 heavy (non-hydrogen) atoms. The fourth-order valence-corrected chi connectivity index (χ4v) is 1.46. The molecule has 14 heteroatoms. The summed E-state index contributed by atoms with van der Waals surface area (Å²) in [6.07, 6.45) is -15.7. The van der Waals surface area contributed by atoms with Crippen LogP contribution in [0.15, 0.2) is 0 Å². The third-order valence-electron chi connectivity index (χ3n) is 3.64. The summed E-state index contributed by atoms with van der Waals surface area (Å²) in [5, 5.41) is 0.